The maximum absolute atomic E-state index is 10.9. The third-order valence-corrected chi connectivity index (χ3v) is 3.72. The van der Waals surface area contributed by atoms with E-state index in [1.807, 2.05) is 48.5 Å². The molecule has 0 bridgehead atoms. The molecule has 4 nitrogen and oxygen atoms in total. The molecule has 0 saturated heterocycles. The van der Waals surface area contributed by atoms with E-state index in [1.165, 1.54) is 7.11 Å². The summed E-state index contributed by atoms with van der Waals surface area (Å²) in [5.74, 6) is -0.517. The third-order valence-electron chi connectivity index (χ3n) is 2.73. The van der Waals surface area contributed by atoms with Crippen molar-refractivity contribution in [1.82, 2.24) is 0 Å². The van der Waals surface area contributed by atoms with E-state index >= 15 is 0 Å². The largest absolute Gasteiger partial charge is 0.469 e. The predicted molar refractivity (Wildman–Crippen MR) is 96.9 cm³/mol. The molecule has 0 fully saturated rings. The van der Waals surface area contributed by atoms with E-state index in [2.05, 4.69) is 36.6 Å². The second-order valence-electron chi connectivity index (χ2n) is 4.66. The summed E-state index contributed by atoms with van der Waals surface area (Å²) in [6.07, 6.45) is 0.634. The summed E-state index contributed by atoms with van der Waals surface area (Å²) in [6, 6.07) is 15.1. The Kier molecular flexibility index (Phi) is 8.58. The van der Waals surface area contributed by atoms with E-state index in [0.29, 0.717) is 12.8 Å². The average molecular weight is 443 g/mol. The minimum absolute atomic E-state index is 0.215. The molecule has 0 aliphatic heterocycles. The van der Waals surface area contributed by atoms with Gasteiger partial charge in [-0.05, 0) is 35.4 Å². The number of benzene rings is 2. The van der Waals surface area contributed by atoms with Crippen LogP contribution in [-0.2, 0) is 27.2 Å². The monoisotopic (exact) mass is 441 g/mol. The first kappa shape index (κ1) is 19.4. The number of primary amides is 1. The number of hydrogen-bond acceptors (Lipinski definition) is 3. The molecule has 0 radical (unpaired) electrons. The summed E-state index contributed by atoms with van der Waals surface area (Å²) in [4.78, 5) is 21.3. The quantitative estimate of drug-likeness (QED) is 0.734. The van der Waals surface area contributed by atoms with E-state index in [4.69, 9.17) is 5.73 Å². The van der Waals surface area contributed by atoms with Gasteiger partial charge in [-0.1, -0.05) is 56.1 Å². The first-order chi connectivity index (χ1) is 10.9. The van der Waals surface area contributed by atoms with Gasteiger partial charge in [0.25, 0.3) is 0 Å². The molecular formula is C17H17Br2NO3. The minimum Gasteiger partial charge on any atom is -0.469 e. The lowest BCUT2D eigenvalue weighted by molar-refractivity contribution is -0.139. The molecule has 23 heavy (non-hydrogen) atoms. The maximum Gasteiger partial charge on any atom is 0.309 e. The van der Waals surface area contributed by atoms with Crippen molar-refractivity contribution in [2.45, 2.75) is 12.8 Å². The van der Waals surface area contributed by atoms with E-state index in [1.54, 1.807) is 0 Å². The molecule has 1 amide bonds. The Hall–Kier alpha value is -1.66. The van der Waals surface area contributed by atoms with Gasteiger partial charge in [-0.15, -0.1) is 0 Å². The molecule has 0 atom stereocenters. The van der Waals surface area contributed by atoms with Crippen LogP contribution < -0.4 is 5.73 Å². The fraction of sp³-hybridized carbons (Fsp3) is 0.176. The average Bonchev–Trinajstić information content (AvgIpc) is 2.47. The molecule has 2 aromatic carbocycles. The molecule has 0 aliphatic rings. The number of ether oxygens (including phenoxy) is 1. The highest BCUT2D eigenvalue weighted by atomic mass is 79.9. The van der Waals surface area contributed by atoms with Crippen LogP contribution in [0.3, 0.4) is 0 Å². The summed E-state index contributed by atoms with van der Waals surface area (Å²) >= 11 is 6.62. The van der Waals surface area contributed by atoms with Gasteiger partial charge >= 0.3 is 5.97 Å². The molecule has 0 saturated carbocycles. The second kappa shape index (κ2) is 10.2. The lowest BCUT2D eigenvalue weighted by Crippen LogP contribution is -2.13. The number of amides is 1. The lowest BCUT2D eigenvalue weighted by atomic mass is 10.1. The Balaban J connectivity index is 0.000000231. The van der Waals surface area contributed by atoms with Crippen LogP contribution in [0.2, 0.25) is 0 Å². The molecule has 0 spiro atoms. The van der Waals surface area contributed by atoms with Gasteiger partial charge < -0.3 is 10.5 Å². The van der Waals surface area contributed by atoms with Gasteiger partial charge in [0.1, 0.15) is 0 Å². The molecule has 0 unspecified atom stereocenters. The Bertz CT molecular complexity index is 674. The summed E-state index contributed by atoms with van der Waals surface area (Å²) < 4.78 is 6.48. The smallest absolute Gasteiger partial charge is 0.309 e. The number of nitrogens with two attached hydrogens (primary N) is 1. The number of methoxy groups -OCH3 is 1. The lowest BCUT2D eigenvalue weighted by Gasteiger charge is -1.99. The summed E-state index contributed by atoms with van der Waals surface area (Å²) in [5.41, 5.74) is 6.91. The first-order valence-corrected chi connectivity index (χ1v) is 8.33. The number of esters is 1. The fourth-order valence-electron chi connectivity index (χ4n) is 1.73. The minimum atomic E-state index is -0.303. The van der Waals surface area contributed by atoms with Crippen molar-refractivity contribution < 1.29 is 14.3 Å². The standard InChI is InChI=1S/C9H9BrO2.C8H8BrNO/c1-12-9(11)6-7-3-2-4-8(10)5-7;9-7-3-1-2-6(4-7)5-8(10)11/h2-5H,6H2,1H3;1-4H,5H2,(H2,10,11). The SMILES string of the molecule is COC(=O)Cc1cccc(Br)c1.NC(=O)Cc1cccc(Br)c1. The van der Waals surface area contributed by atoms with Crippen LogP contribution in [-0.4, -0.2) is 19.0 Å². The van der Waals surface area contributed by atoms with Gasteiger partial charge in [0, 0.05) is 8.95 Å². The Morgan fingerprint density at radius 2 is 1.43 bits per heavy atom. The zero-order valence-electron chi connectivity index (χ0n) is 12.6. The molecule has 0 aliphatic carbocycles. The van der Waals surface area contributed by atoms with E-state index < -0.39 is 0 Å². The van der Waals surface area contributed by atoms with Gasteiger partial charge in [-0.2, -0.15) is 0 Å². The molecule has 2 aromatic rings. The fourth-order valence-corrected chi connectivity index (χ4v) is 2.63. The number of carbonyl (C=O) groups is 2. The first-order valence-electron chi connectivity index (χ1n) is 6.74. The van der Waals surface area contributed by atoms with E-state index in [9.17, 15) is 9.59 Å². The van der Waals surface area contributed by atoms with Crippen LogP contribution in [0, 0.1) is 0 Å². The topological polar surface area (TPSA) is 69.4 Å². The highest BCUT2D eigenvalue weighted by Crippen LogP contribution is 2.12. The van der Waals surface area contributed by atoms with Gasteiger partial charge in [0.15, 0.2) is 0 Å². The Morgan fingerprint density at radius 1 is 0.957 bits per heavy atom. The second-order valence-corrected chi connectivity index (χ2v) is 6.49. The van der Waals surface area contributed by atoms with Crippen molar-refractivity contribution in [3.63, 3.8) is 0 Å². The van der Waals surface area contributed by atoms with Crippen molar-refractivity contribution >= 4 is 43.7 Å². The summed E-state index contributed by atoms with van der Waals surface area (Å²) in [7, 11) is 1.39. The molecule has 122 valence electrons. The van der Waals surface area contributed by atoms with Gasteiger partial charge in [0.05, 0.1) is 20.0 Å². The van der Waals surface area contributed by atoms with Crippen molar-refractivity contribution in [2.75, 3.05) is 7.11 Å². The van der Waals surface area contributed by atoms with E-state index in [0.717, 1.165) is 20.1 Å². The van der Waals surface area contributed by atoms with Gasteiger partial charge in [0.2, 0.25) is 5.91 Å². The van der Waals surface area contributed by atoms with E-state index in [-0.39, 0.29) is 11.9 Å². The zero-order chi connectivity index (χ0) is 17.2. The number of halogens is 2. The van der Waals surface area contributed by atoms with Crippen molar-refractivity contribution in [3.05, 3.63) is 68.6 Å². The van der Waals surface area contributed by atoms with Crippen molar-refractivity contribution in [2.24, 2.45) is 5.73 Å². The normalized spacial score (nSPS) is 9.52. The molecule has 0 heterocycles. The van der Waals surface area contributed by atoms with Crippen LogP contribution in [0.4, 0.5) is 0 Å². The van der Waals surface area contributed by atoms with Crippen molar-refractivity contribution in [3.8, 4) is 0 Å². The molecular weight excluding hydrogens is 426 g/mol. The molecule has 2 rings (SSSR count). The van der Waals surface area contributed by atoms with Gasteiger partial charge in [-0.3, -0.25) is 9.59 Å². The summed E-state index contributed by atoms with van der Waals surface area (Å²) in [5, 5.41) is 0. The third kappa shape index (κ3) is 8.52. The number of hydrogen-bond donors (Lipinski definition) is 1. The van der Waals surface area contributed by atoms with Crippen LogP contribution >= 0.6 is 31.9 Å². The molecule has 0 aromatic heterocycles. The van der Waals surface area contributed by atoms with Crippen LogP contribution in [0.1, 0.15) is 11.1 Å². The Morgan fingerprint density at radius 3 is 1.83 bits per heavy atom. The molecule has 6 heteroatoms. The van der Waals surface area contributed by atoms with Gasteiger partial charge in [-0.25, -0.2) is 0 Å². The molecule has 2 N–H and O–H groups in total. The number of rotatable bonds is 4. The van der Waals surface area contributed by atoms with Crippen LogP contribution in [0.15, 0.2) is 57.5 Å². The highest BCUT2D eigenvalue weighted by molar-refractivity contribution is 9.10. The van der Waals surface area contributed by atoms with Crippen LogP contribution in [0.25, 0.3) is 0 Å². The number of carbonyl (C=O) groups excluding carboxylic acids is 2. The predicted octanol–water partition coefficient (Wildman–Crippen LogP) is 3.64. The highest BCUT2D eigenvalue weighted by Gasteiger charge is 2.01. The summed E-state index contributed by atoms with van der Waals surface area (Å²) in [6.45, 7) is 0. The van der Waals surface area contributed by atoms with Crippen LogP contribution in [0.5, 0.6) is 0 Å². The zero-order valence-corrected chi connectivity index (χ0v) is 15.8. The van der Waals surface area contributed by atoms with Crippen molar-refractivity contribution in [1.29, 1.82) is 0 Å². The maximum atomic E-state index is 10.9. The Labute approximate surface area is 152 Å².